The lowest BCUT2D eigenvalue weighted by Gasteiger charge is -2.26. The smallest absolute Gasteiger partial charge is 0.341 e. The first kappa shape index (κ1) is 21.6. The molecule has 0 aliphatic heterocycles. The van der Waals surface area contributed by atoms with Gasteiger partial charge in [-0.2, -0.15) is 0 Å². The number of hydrogen-bond acceptors (Lipinski definition) is 5. The lowest BCUT2D eigenvalue weighted by molar-refractivity contribution is -0.148. The van der Waals surface area contributed by atoms with E-state index in [1.54, 1.807) is 0 Å². The van der Waals surface area contributed by atoms with Gasteiger partial charge in [-0.15, -0.1) is 11.3 Å². The first-order valence-corrected chi connectivity index (χ1v) is 11.4. The molecule has 2 aliphatic carbocycles. The fourth-order valence-corrected chi connectivity index (χ4v) is 6.46. The minimum atomic E-state index is -0.904. The van der Waals surface area contributed by atoms with Gasteiger partial charge in [0.25, 0.3) is 0 Å². The van der Waals surface area contributed by atoms with Crippen LogP contribution in [0.5, 0.6) is 0 Å². The number of carbonyl (C=O) groups is 3. The second-order valence-electron chi connectivity index (χ2n) is 8.74. The molecule has 2 aliphatic rings. The van der Waals surface area contributed by atoms with Crippen LogP contribution >= 0.6 is 11.3 Å². The number of rotatable bonds is 5. The number of aryl methyl sites for hydroxylation is 3. The average Bonchev–Trinajstić information content (AvgIpc) is 3.42. The van der Waals surface area contributed by atoms with Crippen molar-refractivity contribution in [1.29, 1.82) is 0 Å². The van der Waals surface area contributed by atoms with Crippen LogP contribution in [0.4, 0.5) is 5.00 Å². The number of nitrogens with one attached hydrogen (secondary N) is 1. The van der Waals surface area contributed by atoms with Gasteiger partial charge in [-0.05, 0) is 68.6 Å². The highest BCUT2D eigenvalue weighted by Crippen LogP contribution is 2.53. The van der Waals surface area contributed by atoms with Crippen molar-refractivity contribution < 1.29 is 24.2 Å². The number of aliphatic carboxylic acids is 1. The minimum Gasteiger partial charge on any atom is -0.481 e. The van der Waals surface area contributed by atoms with Gasteiger partial charge >= 0.3 is 11.9 Å². The number of thiophene rings is 1. The van der Waals surface area contributed by atoms with Crippen molar-refractivity contribution in [2.45, 2.75) is 40.0 Å². The van der Waals surface area contributed by atoms with Crippen LogP contribution in [0.25, 0.3) is 11.1 Å². The van der Waals surface area contributed by atoms with Gasteiger partial charge in [0.1, 0.15) is 10.6 Å². The van der Waals surface area contributed by atoms with Gasteiger partial charge in [0.05, 0.1) is 18.9 Å². The zero-order valence-electron chi connectivity index (χ0n) is 18.2. The number of methoxy groups -OCH3 is 1. The number of esters is 1. The Morgan fingerprint density at radius 2 is 1.74 bits per heavy atom. The van der Waals surface area contributed by atoms with E-state index in [-0.39, 0.29) is 17.7 Å². The third-order valence-corrected chi connectivity index (χ3v) is 8.03. The molecule has 1 heterocycles. The molecule has 4 rings (SSSR count). The molecule has 31 heavy (non-hydrogen) atoms. The van der Waals surface area contributed by atoms with Gasteiger partial charge < -0.3 is 15.2 Å². The predicted octanol–water partition coefficient (Wildman–Crippen LogP) is 4.81. The van der Waals surface area contributed by atoms with Crippen LogP contribution in [-0.2, 0) is 14.3 Å². The molecule has 1 amide bonds. The van der Waals surface area contributed by atoms with Crippen molar-refractivity contribution in [3.05, 3.63) is 39.8 Å². The monoisotopic (exact) mass is 441 g/mol. The average molecular weight is 442 g/mol. The van der Waals surface area contributed by atoms with Gasteiger partial charge in [-0.3, -0.25) is 9.59 Å². The fraction of sp³-hybridized carbons (Fsp3) is 0.458. The molecule has 4 atom stereocenters. The molecule has 1 aromatic heterocycles. The summed E-state index contributed by atoms with van der Waals surface area (Å²) in [5.41, 5.74) is 4.23. The molecular weight excluding hydrogens is 414 g/mol. The van der Waals surface area contributed by atoms with E-state index < -0.39 is 23.8 Å². The molecule has 0 saturated heterocycles. The Kier molecular flexibility index (Phi) is 5.64. The summed E-state index contributed by atoms with van der Waals surface area (Å²) < 4.78 is 5.04. The number of hydrogen-bond donors (Lipinski definition) is 2. The van der Waals surface area contributed by atoms with E-state index in [9.17, 15) is 19.5 Å². The second-order valence-corrected chi connectivity index (χ2v) is 9.97. The van der Waals surface area contributed by atoms with Crippen molar-refractivity contribution >= 4 is 34.2 Å². The Morgan fingerprint density at radius 1 is 1.06 bits per heavy atom. The molecular formula is C24H27NO5S. The quantitative estimate of drug-likeness (QED) is 0.650. The number of carboxylic acid groups (broad SMARTS) is 1. The second kappa shape index (κ2) is 8.11. The van der Waals surface area contributed by atoms with Crippen LogP contribution in [0.1, 0.15) is 45.6 Å². The highest BCUT2D eigenvalue weighted by molar-refractivity contribution is 7.17. The van der Waals surface area contributed by atoms with Crippen LogP contribution in [0, 0.1) is 44.4 Å². The third kappa shape index (κ3) is 3.65. The van der Waals surface area contributed by atoms with Crippen molar-refractivity contribution in [2.24, 2.45) is 23.7 Å². The summed E-state index contributed by atoms with van der Waals surface area (Å²) in [6, 6.07) is 6.00. The van der Waals surface area contributed by atoms with Gasteiger partial charge in [-0.25, -0.2) is 4.79 Å². The van der Waals surface area contributed by atoms with Crippen LogP contribution in [-0.4, -0.2) is 30.1 Å². The summed E-state index contributed by atoms with van der Waals surface area (Å²) in [5, 5.41) is 13.0. The number of benzene rings is 1. The third-order valence-electron chi connectivity index (χ3n) is 7.01. The molecule has 0 radical (unpaired) electrons. The number of anilines is 1. The maximum atomic E-state index is 13.2. The van der Waals surface area contributed by atoms with E-state index in [1.165, 1.54) is 18.4 Å². The van der Waals surface area contributed by atoms with Crippen molar-refractivity contribution in [1.82, 2.24) is 0 Å². The lowest BCUT2D eigenvalue weighted by Crippen LogP contribution is -2.37. The zero-order valence-corrected chi connectivity index (χ0v) is 19.0. The molecule has 0 spiro atoms. The normalized spacial score (nSPS) is 24.3. The SMILES string of the molecule is COC(=O)c1c(NC(=O)[C@H]2[C@H]3CC[C@@H](C3)[C@H]2C(=O)O)sc(C)c1-c1ccc(C)c(C)c1. The van der Waals surface area contributed by atoms with Gasteiger partial charge in [0.15, 0.2) is 0 Å². The Balaban J connectivity index is 1.72. The molecule has 2 aromatic rings. The van der Waals surface area contributed by atoms with Crippen LogP contribution < -0.4 is 5.32 Å². The Labute approximate surface area is 185 Å². The Morgan fingerprint density at radius 3 is 2.35 bits per heavy atom. The van der Waals surface area contributed by atoms with Crippen molar-refractivity contribution in [2.75, 3.05) is 12.4 Å². The molecule has 2 bridgehead atoms. The molecule has 2 N–H and O–H groups in total. The first-order valence-electron chi connectivity index (χ1n) is 10.6. The van der Waals surface area contributed by atoms with E-state index in [4.69, 9.17) is 4.74 Å². The van der Waals surface area contributed by atoms with Crippen molar-refractivity contribution in [3.8, 4) is 11.1 Å². The van der Waals surface area contributed by atoms with Crippen molar-refractivity contribution in [3.63, 3.8) is 0 Å². The standard InChI is InChI=1S/C24H27NO5S/c1-11-5-6-14(9-12(11)2)17-13(3)31-22(20(17)24(29)30-4)25-21(26)18-15-7-8-16(10-15)19(18)23(27)28/h5-6,9,15-16,18-19H,7-8,10H2,1-4H3,(H,25,26)(H,27,28)/t15-,16-,18-,19+/m0/s1. The summed E-state index contributed by atoms with van der Waals surface area (Å²) in [7, 11) is 1.32. The van der Waals surface area contributed by atoms with E-state index in [0.717, 1.165) is 46.4 Å². The molecule has 1 aromatic carbocycles. The molecule has 2 saturated carbocycles. The van der Waals surface area contributed by atoms with E-state index in [0.29, 0.717) is 10.6 Å². The van der Waals surface area contributed by atoms with Gasteiger partial charge in [-0.1, -0.05) is 18.2 Å². The maximum Gasteiger partial charge on any atom is 0.341 e. The summed E-state index contributed by atoms with van der Waals surface area (Å²) in [6.07, 6.45) is 2.54. The summed E-state index contributed by atoms with van der Waals surface area (Å²) in [5.74, 6) is -2.79. The molecule has 6 nitrogen and oxygen atoms in total. The zero-order chi connectivity index (χ0) is 22.4. The largest absolute Gasteiger partial charge is 0.481 e. The Bertz CT molecular complexity index is 1070. The van der Waals surface area contributed by atoms with E-state index in [2.05, 4.69) is 5.32 Å². The van der Waals surface area contributed by atoms with Crippen LogP contribution in [0.2, 0.25) is 0 Å². The lowest BCUT2D eigenvalue weighted by atomic mass is 9.78. The predicted molar refractivity (Wildman–Crippen MR) is 119 cm³/mol. The highest BCUT2D eigenvalue weighted by Gasteiger charge is 2.54. The molecule has 2 fully saturated rings. The van der Waals surface area contributed by atoms with E-state index >= 15 is 0 Å². The molecule has 164 valence electrons. The number of ether oxygens (including phenoxy) is 1. The number of amides is 1. The fourth-order valence-electron chi connectivity index (χ4n) is 5.39. The molecule has 7 heteroatoms. The van der Waals surface area contributed by atoms with E-state index in [1.807, 2.05) is 39.0 Å². The van der Waals surface area contributed by atoms with Crippen LogP contribution in [0.15, 0.2) is 18.2 Å². The van der Waals surface area contributed by atoms with Gasteiger partial charge in [0.2, 0.25) is 5.91 Å². The number of carbonyl (C=O) groups excluding carboxylic acids is 2. The number of carboxylic acids is 1. The topological polar surface area (TPSA) is 92.7 Å². The maximum absolute atomic E-state index is 13.2. The van der Waals surface area contributed by atoms with Gasteiger partial charge in [0, 0.05) is 10.4 Å². The minimum absolute atomic E-state index is 0.0643. The highest BCUT2D eigenvalue weighted by atomic mass is 32.1. The Hall–Kier alpha value is -2.67. The summed E-state index contributed by atoms with van der Waals surface area (Å²) in [6.45, 7) is 5.96. The molecule has 0 unspecified atom stereocenters. The first-order chi connectivity index (χ1) is 14.7. The summed E-state index contributed by atoms with van der Waals surface area (Å²) >= 11 is 1.33. The summed E-state index contributed by atoms with van der Waals surface area (Å²) in [4.78, 5) is 38.7. The number of fused-ring (bicyclic) bond motifs is 2. The van der Waals surface area contributed by atoms with Crippen LogP contribution in [0.3, 0.4) is 0 Å².